The number of methoxy groups -OCH3 is 1. The van der Waals surface area contributed by atoms with Crippen LogP contribution >= 0.6 is 0 Å². The molecule has 29 heavy (non-hydrogen) atoms. The van der Waals surface area contributed by atoms with Gasteiger partial charge in [0.05, 0.1) is 22.6 Å². The van der Waals surface area contributed by atoms with Gasteiger partial charge in [0.2, 0.25) is 5.88 Å². The molecule has 0 unspecified atom stereocenters. The van der Waals surface area contributed by atoms with E-state index in [1.54, 1.807) is 12.1 Å². The number of anilines is 1. The summed E-state index contributed by atoms with van der Waals surface area (Å²) >= 11 is 0. The lowest BCUT2D eigenvalue weighted by atomic mass is 10.2. The van der Waals surface area contributed by atoms with Crippen molar-refractivity contribution in [3.63, 3.8) is 0 Å². The molecule has 10 nitrogen and oxygen atoms in total. The van der Waals surface area contributed by atoms with Gasteiger partial charge in [-0.05, 0) is 29.8 Å². The van der Waals surface area contributed by atoms with Gasteiger partial charge in [0, 0.05) is 24.4 Å². The van der Waals surface area contributed by atoms with Crippen LogP contribution in [-0.4, -0.2) is 36.6 Å². The summed E-state index contributed by atoms with van der Waals surface area (Å²) in [5.41, 5.74) is 0.997. The molecule has 148 valence electrons. The quantitative estimate of drug-likeness (QED) is 0.357. The molecule has 0 atom stereocenters. The third kappa shape index (κ3) is 5.11. The number of hydrogen-bond acceptors (Lipinski definition) is 8. The summed E-state index contributed by atoms with van der Waals surface area (Å²) in [6.45, 7) is 0. The predicted octanol–water partition coefficient (Wildman–Crippen LogP) is 2.94. The molecule has 0 amide bonds. The van der Waals surface area contributed by atoms with E-state index in [-0.39, 0.29) is 22.3 Å². The Kier molecular flexibility index (Phi) is 5.79. The standard InChI is InChI=1S/C18H15N5O5S/c1-28-18-10-17(20-12-21-18)22-29(26,27)16-7-5-14(6-8-16)19-11-13-3-2-4-15(9-13)23(24)25/h2-12H,1H3,(H,20,21,22). The normalized spacial score (nSPS) is 11.3. The molecule has 2 aromatic carbocycles. The van der Waals surface area contributed by atoms with Crippen molar-refractivity contribution in [2.24, 2.45) is 4.99 Å². The van der Waals surface area contributed by atoms with E-state index in [0.29, 0.717) is 11.3 Å². The summed E-state index contributed by atoms with van der Waals surface area (Å²) in [6, 6.07) is 13.2. The van der Waals surface area contributed by atoms with Crippen molar-refractivity contribution in [1.82, 2.24) is 9.97 Å². The minimum absolute atomic E-state index is 0.0179. The first-order valence-electron chi connectivity index (χ1n) is 8.15. The number of rotatable bonds is 7. The summed E-state index contributed by atoms with van der Waals surface area (Å²) in [4.78, 5) is 22.2. The van der Waals surface area contributed by atoms with Gasteiger partial charge in [-0.3, -0.25) is 19.8 Å². The molecule has 3 aromatic rings. The lowest BCUT2D eigenvalue weighted by Gasteiger charge is -2.08. The van der Waals surface area contributed by atoms with Gasteiger partial charge in [0.15, 0.2) is 0 Å². The van der Waals surface area contributed by atoms with Crippen LogP contribution in [0.2, 0.25) is 0 Å². The van der Waals surface area contributed by atoms with Gasteiger partial charge >= 0.3 is 0 Å². The van der Waals surface area contributed by atoms with Gasteiger partial charge in [0.1, 0.15) is 12.1 Å². The monoisotopic (exact) mass is 413 g/mol. The molecule has 1 N–H and O–H groups in total. The Morgan fingerprint density at radius 1 is 1.14 bits per heavy atom. The highest BCUT2D eigenvalue weighted by Gasteiger charge is 2.15. The van der Waals surface area contributed by atoms with E-state index in [4.69, 9.17) is 4.74 Å². The van der Waals surface area contributed by atoms with Crippen LogP contribution in [0, 0.1) is 10.1 Å². The Balaban J connectivity index is 1.75. The van der Waals surface area contributed by atoms with E-state index < -0.39 is 14.9 Å². The van der Waals surface area contributed by atoms with E-state index >= 15 is 0 Å². The van der Waals surface area contributed by atoms with Crippen LogP contribution in [0.3, 0.4) is 0 Å². The van der Waals surface area contributed by atoms with Crippen LogP contribution in [0.25, 0.3) is 0 Å². The number of nitro benzene ring substituents is 1. The number of aromatic nitrogens is 2. The Morgan fingerprint density at radius 2 is 1.90 bits per heavy atom. The average Bonchev–Trinajstić information content (AvgIpc) is 2.72. The molecule has 0 aliphatic carbocycles. The maximum Gasteiger partial charge on any atom is 0.270 e. The van der Waals surface area contributed by atoms with Gasteiger partial charge in [0.25, 0.3) is 15.7 Å². The Morgan fingerprint density at radius 3 is 2.59 bits per heavy atom. The molecule has 1 aromatic heterocycles. The molecular formula is C18H15N5O5S. The molecule has 11 heteroatoms. The predicted molar refractivity (Wildman–Crippen MR) is 106 cm³/mol. The van der Waals surface area contributed by atoms with Crippen molar-refractivity contribution in [2.45, 2.75) is 4.90 Å². The first-order chi connectivity index (χ1) is 13.9. The zero-order valence-corrected chi connectivity index (χ0v) is 15.9. The number of ether oxygens (including phenoxy) is 1. The topological polar surface area (TPSA) is 137 Å². The molecule has 0 aliphatic rings. The molecule has 0 saturated heterocycles. The molecule has 0 fully saturated rings. The second-order valence-corrected chi connectivity index (χ2v) is 7.34. The van der Waals surface area contributed by atoms with Gasteiger partial charge in [-0.15, -0.1) is 0 Å². The fourth-order valence-corrected chi connectivity index (χ4v) is 3.28. The van der Waals surface area contributed by atoms with Crippen molar-refractivity contribution >= 4 is 33.4 Å². The summed E-state index contributed by atoms with van der Waals surface area (Å²) in [5, 5.41) is 10.8. The lowest BCUT2D eigenvalue weighted by Crippen LogP contribution is -2.14. The van der Waals surface area contributed by atoms with E-state index in [0.717, 1.165) is 0 Å². The first-order valence-corrected chi connectivity index (χ1v) is 9.63. The number of nitrogens with zero attached hydrogens (tertiary/aromatic N) is 4. The first kappa shape index (κ1) is 19.9. The zero-order chi connectivity index (χ0) is 20.9. The van der Waals surface area contributed by atoms with E-state index in [2.05, 4.69) is 19.7 Å². The van der Waals surface area contributed by atoms with Crippen molar-refractivity contribution in [3.8, 4) is 5.88 Å². The van der Waals surface area contributed by atoms with Crippen molar-refractivity contribution in [3.05, 3.63) is 76.6 Å². The fourth-order valence-electron chi connectivity index (χ4n) is 2.28. The average molecular weight is 413 g/mol. The summed E-state index contributed by atoms with van der Waals surface area (Å²) in [7, 11) is -2.45. The molecule has 0 spiro atoms. The number of non-ortho nitro benzene ring substituents is 1. The van der Waals surface area contributed by atoms with Crippen LogP contribution < -0.4 is 9.46 Å². The number of sulfonamides is 1. The number of aliphatic imine (C=N–C) groups is 1. The minimum Gasteiger partial charge on any atom is -0.481 e. The highest BCUT2D eigenvalue weighted by Crippen LogP contribution is 2.20. The summed E-state index contributed by atoms with van der Waals surface area (Å²) < 4.78 is 32.2. The Bertz CT molecular complexity index is 1160. The van der Waals surface area contributed by atoms with Crippen molar-refractivity contribution in [1.29, 1.82) is 0 Å². The third-order valence-corrected chi connectivity index (χ3v) is 5.05. The second-order valence-electron chi connectivity index (χ2n) is 5.66. The highest BCUT2D eigenvalue weighted by molar-refractivity contribution is 7.92. The van der Waals surface area contributed by atoms with Gasteiger partial charge < -0.3 is 4.74 Å². The second kappa shape index (κ2) is 8.44. The van der Waals surface area contributed by atoms with Crippen LogP contribution in [-0.2, 0) is 10.0 Å². The molecular weight excluding hydrogens is 398 g/mol. The maximum atomic E-state index is 12.5. The summed E-state index contributed by atoms with van der Waals surface area (Å²) in [6.07, 6.45) is 2.64. The number of nitrogens with one attached hydrogen (secondary N) is 1. The molecule has 0 aliphatic heterocycles. The number of hydrogen-bond donors (Lipinski definition) is 1. The SMILES string of the molecule is COc1cc(NS(=O)(=O)c2ccc(N=Cc3cccc([N+](=O)[O-])c3)cc2)ncn1. The molecule has 1 heterocycles. The maximum absolute atomic E-state index is 12.5. The smallest absolute Gasteiger partial charge is 0.270 e. The van der Waals surface area contributed by atoms with E-state index in [1.165, 1.54) is 62.1 Å². The zero-order valence-electron chi connectivity index (χ0n) is 15.1. The van der Waals surface area contributed by atoms with Gasteiger partial charge in [-0.25, -0.2) is 18.4 Å². The van der Waals surface area contributed by atoms with Crippen molar-refractivity contribution < 1.29 is 18.1 Å². The molecule has 0 radical (unpaired) electrons. The van der Waals surface area contributed by atoms with Crippen LogP contribution in [0.4, 0.5) is 17.2 Å². The lowest BCUT2D eigenvalue weighted by molar-refractivity contribution is -0.384. The number of nitro groups is 1. The van der Waals surface area contributed by atoms with Crippen LogP contribution in [0.1, 0.15) is 5.56 Å². The minimum atomic E-state index is -3.86. The van der Waals surface area contributed by atoms with Crippen LogP contribution in [0.15, 0.2) is 70.8 Å². The third-order valence-electron chi connectivity index (χ3n) is 3.68. The largest absolute Gasteiger partial charge is 0.481 e. The Hall–Kier alpha value is -3.86. The van der Waals surface area contributed by atoms with E-state index in [1.807, 2.05) is 0 Å². The van der Waals surface area contributed by atoms with Gasteiger partial charge in [-0.2, -0.15) is 0 Å². The van der Waals surface area contributed by atoms with Crippen LogP contribution in [0.5, 0.6) is 5.88 Å². The number of benzene rings is 2. The van der Waals surface area contributed by atoms with Crippen molar-refractivity contribution in [2.75, 3.05) is 11.8 Å². The van der Waals surface area contributed by atoms with E-state index in [9.17, 15) is 18.5 Å². The van der Waals surface area contributed by atoms with Gasteiger partial charge in [-0.1, -0.05) is 12.1 Å². The molecule has 0 bridgehead atoms. The molecule has 3 rings (SSSR count). The fraction of sp³-hybridized carbons (Fsp3) is 0.0556. The highest BCUT2D eigenvalue weighted by atomic mass is 32.2. The Labute approximate surface area is 166 Å². The summed E-state index contributed by atoms with van der Waals surface area (Å²) in [5.74, 6) is 0.299. The molecule has 0 saturated carbocycles.